The molecule has 5 nitrogen and oxygen atoms in total. The molecule has 0 amide bonds. The molecule has 2 aromatic heterocycles. The van der Waals surface area contributed by atoms with Gasteiger partial charge in [-0.1, -0.05) is 12.1 Å². The van der Waals surface area contributed by atoms with Crippen molar-refractivity contribution < 1.29 is 5.11 Å². The molecule has 3 aromatic rings. The standard InChI is InChI=1S/C22H26N4O/c27-21-6-2-1-5-17(21)20-13-18-19(14-23-22(18)25-24-20)15-7-9-16(10-8-15)26-11-3-4-12-26/h1-2,5-6,13-16,27H,3-4,7-12H2,(H,23,25). The number of H-pyrrole nitrogens is 1. The summed E-state index contributed by atoms with van der Waals surface area (Å²) in [6.07, 6.45) is 9.93. The van der Waals surface area contributed by atoms with E-state index in [2.05, 4.69) is 32.3 Å². The number of aromatic nitrogens is 3. The molecule has 3 heterocycles. The maximum atomic E-state index is 10.2. The fraction of sp³-hybridized carbons (Fsp3) is 0.455. The minimum atomic E-state index is 0.245. The second kappa shape index (κ2) is 6.97. The Labute approximate surface area is 159 Å². The topological polar surface area (TPSA) is 65.0 Å². The molecule has 0 bridgehead atoms. The van der Waals surface area contributed by atoms with Crippen LogP contribution in [0.1, 0.15) is 50.0 Å². The highest BCUT2D eigenvalue weighted by molar-refractivity contribution is 5.84. The highest BCUT2D eigenvalue weighted by Gasteiger charge is 2.29. The zero-order valence-corrected chi connectivity index (χ0v) is 15.6. The van der Waals surface area contributed by atoms with E-state index in [0.717, 1.165) is 28.3 Å². The molecule has 1 saturated heterocycles. The van der Waals surface area contributed by atoms with Gasteiger partial charge in [0.15, 0.2) is 5.65 Å². The molecule has 1 saturated carbocycles. The lowest BCUT2D eigenvalue weighted by molar-refractivity contribution is 0.182. The average molecular weight is 362 g/mol. The maximum absolute atomic E-state index is 10.2. The van der Waals surface area contributed by atoms with Gasteiger partial charge in [-0.15, -0.1) is 10.2 Å². The van der Waals surface area contributed by atoms with Crippen molar-refractivity contribution in [1.29, 1.82) is 0 Å². The summed E-state index contributed by atoms with van der Waals surface area (Å²) in [5.41, 5.74) is 3.66. The number of nitrogens with zero attached hydrogens (tertiary/aromatic N) is 3. The second-order valence-corrected chi connectivity index (χ2v) is 8.00. The fourth-order valence-corrected chi connectivity index (χ4v) is 4.96. The summed E-state index contributed by atoms with van der Waals surface area (Å²) >= 11 is 0. The van der Waals surface area contributed by atoms with Crippen LogP contribution in [0.5, 0.6) is 5.75 Å². The van der Waals surface area contributed by atoms with Gasteiger partial charge in [-0.05, 0) is 81.3 Å². The van der Waals surface area contributed by atoms with E-state index in [0.29, 0.717) is 5.92 Å². The molecule has 0 atom stereocenters. The van der Waals surface area contributed by atoms with Crippen LogP contribution in [0.3, 0.4) is 0 Å². The maximum Gasteiger partial charge on any atom is 0.160 e. The molecule has 27 heavy (non-hydrogen) atoms. The number of nitrogens with one attached hydrogen (secondary N) is 1. The van der Waals surface area contributed by atoms with Crippen molar-refractivity contribution in [3.8, 4) is 17.0 Å². The third-order valence-corrected chi connectivity index (χ3v) is 6.44. The Morgan fingerprint density at radius 3 is 2.56 bits per heavy atom. The van der Waals surface area contributed by atoms with Crippen molar-refractivity contribution in [3.63, 3.8) is 0 Å². The van der Waals surface area contributed by atoms with Crippen LogP contribution < -0.4 is 0 Å². The molecule has 2 aliphatic rings. The number of aromatic hydroxyl groups is 1. The molecule has 1 aliphatic carbocycles. The van der Waals surface area contributed by atoms with E-state index in [-0.39, 0.29) is 5.75 Å². The average Bonchev–Trinajstić information content (AvgIpc) is 3.38. The number of likely N-dealkylation sites (tertiary alicyclic amines) is 1. The lowest BCUT2D eigenvalue weighted by Crippen LogP contribution is -2.35. The predicted molar refractivity (Wildman–Crippen MR) is 107 cm³/mol. The highest BCUT2D eigenvalue weighted by atomic mass is 16.3. The van der Waals surface area contributed by atoms with Crippen molar-refractivity contribution in [2.75, 3.05) is 13.1 Å². The highest BCUT2D eigenvalue weighted by Crippen LogP contribution is 2.39. The molecule has 2 N–H and O–H groups in total. The van der Waals surface area contributed by atoms with Crippen LogP contribution in [0.15, 0.2) is 36.5 Å². The largest absolute Gasteiger partial charge is 0.507 e. The van der Waals surface area contributed by atoms with Gasteiger partial charge in [-0.3, -0.25) is 0 Å². The van der Waals surface area contributed by atoms with Gasteiger partial charge in [0.05, 0.1) is 5.69 Å². The monoisotopic (exact) mass is 362 g/mol. The van der Waals surface area contributed by atoms with Crippen molar-refractivity contribution in [2.24, 2.45) is 0 Å². The van der Waals surface area contributed by atoms with Crippen LogP contribution in [0.25, 0.3) is 22.3 Å². The smallest absolute Gasteiger partial charge is 0.160 e. The van der Waals surface area contributed by atoms with Crippen molar-refractivity contribution in [1.82, 2.24) is 20.1 Å². The quantitative estimate of drug-likeness (QED) is 0.722. The third-order valence-electron chi connectivity index (χ3n) is 6.44. The number of aromatic amines is 1. The molecule has 5 heteroatoms. The normalized spacial score (nSPS) is 23.9. The van der Waals surface area contributed by atoms with E-state index < -0.39 is 0 Å². The van der Waals surface area contributed by atoms with Gasteiger partial charge in [-0.25, -0.2) is 0 Å². The summed E-state index contributed by atoms with van der Waals surface area (Å²) in [5, 5.41) is 20.0. The fourth-order valence-electron chi connectivity index (χ4n) is 4.96. The van der Waals surface area contributed by atoms with E-state index in [1.165, 1.54) is 57.2 Å². The number of hydrogen-bond donors (Lipinski definition) is 2. The summed E-state index contributed by atoms with van der Waals surface area (Å²) < 4.78 is 0. The zero-order valence-electron chi connectivity index (χ0n) is 15.6. The van der Waals surface area contributed by atoms with Crippen LogP contribution in [0.4, 0.5) is 0 Å². The molecule has 1 aliphatic heterocycles. The molecular weight excluding hydrogens is 336 g/mol. The van der Waals surface area contributed by atoms with Gasteiger partial charge >= 0.3 is 0 Å². The van der Waals surface area contributed by atoms with Crippen molar-refractivity contribution in [3.05, 3.63) is 42.1 Å². The number of phenolic OH excluding ortho intramolecular Hbond substituents is 1. The summed E-state index contributed by atoms with van der Waals surface area (Å²) in [5.74, 6) is 0.827. The minimum absolute atomic E-state index is 0.245. The van der Waals surface area contributed by atoms with Crippen LogP contribution in [-0.4, -0.2) is 44.3 Å². The third kappa shape index (κ3) is 3.10. The number of benzene rings is 1. The van der Waals surface area contributed by atoms with Crippen LogP contribution in [0.2, 0.25) is 0 Å². The second-order valence-electron chi connectivity index (χ2n) is 8.00. The summed E-state index contributed by atoms with van der Waals surface area (Å²) in [4.78, 5) is 6.00. The molecule has 5 rings (SSSR count). The van der Waals surface area contributed by atoms with Crippen LogP contribution in [0, 0.1) is 0 Å². The van der Waals surface area contributed by atoms with Gasteiger partial charge in [-0.2, -0.15) is 0 Å². The Bertz CT molecular complexity index is 936. The lowest BCUT2D eigenvalue weighted by atomic mass is 9.81. The number of rotatable bonds is 3. The van der Waals surface area contributed by atoms with Gasteiger partial charge in [0.2, 0.25) is 0 Å². The van der Waals surface area contributed by atoms with Gasteiger partial charge in [0.25, 0.3) is 0 Å². The number of hydrogen-bond acceptors (Lipinski definition) is 4. The molecule has 0 unspecified atom stereocenters. The Hall–Kier alpha value is -2.40. The molecule has 2 fully saturated rings. The Balaban J connectivity index is 1.41. The predicted octanol–water partition coefficient (Wildman–Crippen LogP) is 4.45. The molecule has 0 spiro atoms. The van der Waals surface area contributed by atoms with Crippen molar-refractivity contribution >= 4 is 11.0 Å². The number of para-hydroxylation sites is 1. The van der Waals surface area contributed by atoms with Crippen LogP contribution in [-0.2, 0) is 0 Å². The number of phenols is 1. The Morgan fingerprint density at radius 2 is 1.78 bits per heavy atom. The zero-order chi connectivity index (χ0) is 18.2. The Morgan fingerprint density at radius 1 is 1.00 bits per heavy atom. The van der Waals surface area contributed by atoms with E-state index >= 15 is 0 Å². The van der Waals surface area contributed by atoms with E-state index in [1.807, 2.05) is 18.2 Å². The Kier molecular flexibility index (Phi) is 4.32. The first-order valence-electron chi connectivity index (χ1n) is 10.2. The van der Waals surface area contributed by atoms with Crippen LogP contribution >= 0.6 is 0 Å². The number of fused-ring (bicyclic) bond motifs is 1. The SMILES string of the molecule is Oc1ccccc1-c1cc2c(C3CCC(N4CCCC4)CC3)c[nH]c2nn1. The first-order valence-corrected chi connectivity index (χ1v) is 10.2. The van der Waals surface area contributed by atoms with Crippen molar-refractivity contribution in [2.45, 2.75) is 50.5 Å². The van der Waals surface area contributed by atoms with E-state index in [4.69, 9.17) is 0 Å². The molecule has 140 valence electrons. The van der Waals surface area contributed by atoms with E-state index in [9.17, 15) is 5.11 Å². The first kappa shape index (κ1) is 16.8. The van der Waals surface area contributed by atoms with Gasteiger partial charge in [0, 0.05) is 23.2 Å². The summed E-state index contributed by atoms with van der Waals surface area (Å²) in [6.45, 7) is 2.59. The lowest BCUT2D eigenvalue weighted by Gasteiger charge is -2.34. The molecule has 0 radical (unpaired) electrons. The first-order chi connectivity index (χ1) is 13.3. The molecular formula is C22H26N4O. The summed E-state index contributed by atoms with van der Waals surface area (Å²) in [6, 6.07) is 10.2. The summed E-state index contributed by atoms with van der Waals surface area (Å²) in [7, 11) is 0. The van der Waals surface area contributed by atoms with Gasteiger partial charge < -0.3 is 15.0 Å². The molecule has 1 aromatic carbocycles. The minimum Gasteiger partial charge on any atom is -0.507 e. The van der Waals surface area contributed by atoms with Gasteiger partial charge in [0.1, 0.15) is 5.75 Å². The van der Waals surface area contributed by atoms with E-state index in [1.54, 1.807) is 6.07 Å².